The predicted molar refractivity (Wildman–Crippen MR) is 80.7 cm³/mol. The first kappa shape index (κ1) is 12.5. The van der Waals surface area contributed by atoms with Crippen LogP contribution < -0.4 is 4.74 Å². The van der Waals surface area contributed by atoms with Crippen molar-refractivity contribution in [1.29, 1.82) is 0 Å². The molecule has 0 radical (unpaired) electrons. The van der Waals surface area contributed by atoms with E-state index in [1.54, 1.807) is 0 Å². The summed E-state index contributed by atoms with van der Waals surface area (Å²) in [5.74, 6) is 1.06. The first-order valence-corrected chi connectivity index (χ1v) is 7.50. The fraction of sp³-hybridized carbons (Fsp3) is 0.444. The third-order valence-electron chi connectivity index (χ3n) is 4.30. The Morgan fingerprint density at radius 2 is 1.74 bits per heavy atom. The molecule has 1 nitrogen and oxygen atoms in total. The molecule has 19 heavy (non-hydrogen) atoms. The van der Waals surface area contributed by atoms with E-state index < -0.39 is 0 Å². The molecule has 0 heterocycles. The molecular weight excluding hydrogens is 232 g/mol. The molecule has 100 valence electrons. The molecule has 1 saturated carbocycles. The number of ether oxygens (including phenoxy) is 1. The average molecular weight is 254 g/mol. The normalized spacial score (nSPS) is 17.7. The molecular formula is C18H22O. The average Bonchev–Trinajstić information content (AvgIpc) is 2.88. The van der Waals surface area contributed by atoms with Gasteiger partial charge in [0.05, 0.1) is 0 Å². The third-order valence-corrected chi connectivity index (χ3v) is 4.30. The maximum absolute atomic E-state index is 6.52. The first-order valence-electron chi connectivity index (χ1n) is 7.50. The summed E-state index contributed by atoms with van der Waals surface area (Å²) in [6.07, 6.45) is 7.42. The molecule has 0 saturated heterocycles. The highest BCUT2D eigenvalue weighted by Crippen LogP contribution is 2.39. The van der Waals surface area contributed by atoms with Crippen molar-refractivity contribution in [3.8, 4) is 5.75 Å². The van der Waals surface area contributed by atoms with Crippen LogP contribution in [0.1, 0.15) is 45.4 Å². The molecule has 2 aromatic carbocycles. The maximum atomic E-state index is 6.52. The van der Waals surface area contributed by atoms with Gasteiger partial charge in [0.1, 0.15) is 11.4 Å². The molecule has 1 aliphatic rings. The zero-order valence-electron chi connectivity index (χ0n) is 11.7. The lowest BCUT2D eigenvalue weighted by Crippen LogP contribution is -2.32. The van der Waals surface area contributed by atoms with E-state index >= 15 is 0 Å². The second-order valence-corrected chi connectivity index (χ2v) is 5.72. The summed E-state index contributed by atoms with van der Waals surface area (Å²) in [6.45, 7) is 2.26. The van der Waals surface area contributed by atoms with E-state index in [0.717, 1.165) is 5.75 Å². The molecule has 1 fully saturated rings. The maximum Gasteiger partial charge on any atom is 0.127 e. The van der Waals surface area contributed by atoms with Crippen molar-refractivity contribution in [3.05, 3.63) is 42.5 Å². The lowest BCUT2D eigenvalue weighted by atomic mass is 9.95. The van der Waals surface area contributed by atoms with Gasteiger partial charge in [-0.3, -0.25) is 0 Å². The molecule has 0 bridgehead atoms. The van der Waals surface area contributed by atoms with Gasteiger partial charge in [0.15, 0.2) is 0 Å². The van der Waals surface area contributed by atoms with Gasteiger partial charge in [-0.25, -0.2) is 0 Å². The second kappa shape index (κ2) is 5.24. The van der Waals surface area contributed by atoms with E-state index in [2.05, 4.69) is 49.4 Å². The Bertz CT molecular complexity index is 547. The highest BCUT2D eigenvalue weighted by molar-refractivity contribution is 5.88. The molecule has 0 aliphatic heterocycles. The Labute approximate surface area is 115 Å². The zero-order chi connectivity index (χ0) is 13.1. The van der Waals surface area contributed by atoms with Crippen LogP contribution in [0.25, 0.3) is 10.8 Å². The van der Waals surface area contributed by atoms with Crippen molar-refractivity contribution in [1.82, 2.24) is 0 Å². The van der Waals surface area contributed by atoms with E-state index in [4.69, 9.17) is 4.74 Å². The van der Waals surface area contributed by atoms with Crippen molar-refractivity contribution in [2.24, 2.45) is 0 Å². The Balaban J connectivity index is 1.96. The van der Waals surface area contributed by atoms with E-state index in [0.29, 0.717) is 0 Å². The van der Waals surface area contributed by atoms with Gasteiger partial charge >= 0.3 is 0 Å². The highest BCUT2D eigenvalue weighted by Gasteiger charge is 2.35. The molecule has 3 rings (SSSR count). The summed E-state index contributed by atoms with van der Waals surface area (Å²) in [4.78, 5) is 0. The molecule has 0 amide bonds. The minimum atomic E-state index is 0.0961. The van der Waals surface area contributed by atoms with Crippen LogP contribution in [0.4, 0.5) is 0 Å². The van der Waals surface area contributed by atoms with Gasteiger partial charge in [0.25, 0.3) is 0 Å². The fourth-order valence-corrected chi connectivity index (χ4v) is 3.40. The summed E-state index contributed by atoms with van der Waals surface area (Å²) in [5, 5.41) is 2.51. The van der Waals surface area contributed by atoms with E-state index in [1.165, 1.54) is 49.3 Å². The minimum Gasteiger partial charge on any atom is -0.487 e. The van der Waals surface area contributed by atoms with E-state index in [1.807, 2.05) is 0 Å². The second-order valence-electron chi connectivity index (χ2n) is 5.72. The Morgan fingerprint density at radius 1 is 1.00 bits per heavy atom. The quantitative estimate of drug-likeness (QED) is 0.716. The highest BCUT2D eigenvalue weighted by atomic mass is 16.5. The largest absolute Gasteiger partial charge is 0.487 e. The standard InChI is InChI=1S/C18H22O/c1-2-12-18(13-5-6-14-18)19-17-11-7-9-15-8-3-4-10-16(15)17/h3-4,7-11H,2,5-6,12-14H2,1H3. The topological polar surface area (TPSA) is 9.23 Å². The molecule has 0 atom stereocenters. The summed E-state index contributed by atoms with van der Waals surface area (Å²) in [7, 11) is 0. The number of fused-ring (bicyclic) bond motifs is 1. The molecule has 1 heteroatoms. The Morgan fingerprint density at radius 3 is 2.53 bits per heavy atom. The van der Waals surface area contributed by atoms with E-state index in [9.17, 15) is 0 Å². The van der Waals surface area contributed by atoms with Crippen molar-refractivity contribution >= 4 is 10.8 Å². The first-order chi connectivity index (χ1) is 9.33. The van der Waals surface area contributed by atoms with Crippen LogP contribution in [0.15, 0.2) is 42.5 Å². The van der Waals surface area contributed by atoms with Crippen LogP contribution in [0, 0.1) is 0 Å². The van der Waals surface area contributed by atoms with Crippen molar-refractivity contribution in [2.75, 3.05) is 0 Å². The van der Waals surface area contributed by atoms with Crippen LogP contribution in [0.2, 0.25) is 0 Å². The van der Waals surface area contributed by atoms with Gasteiger partial charge < -0.3 is 4.74 Å². The van der Waals surface area contributed by atoms with Gasteiger partial charge in [-0.05, 0) is 43.6 Å². The number of rotatable bonds is 4. The smallest absolute Gasteiger partial charge is 0.127 e. The van der Waals surface area contributed by atoms with Crippen LogP contribution in [-0.4, -0.2) is 5.60 Å². The minimum absolute atomic E-state index is 0.0961. The fourth-order valence-electron chi connectivity index (χ4n) is 3.40. The van der Waals surface area contributed by atoms with Crippen molar-refractivity contribution in [3.63, 3.8) is 0 Å². The Kier molecular flexibility index (Phi) is 3.46. The number of benzene rings is 2. The van der Waals surface area contributed by atoms with Crippen molar-refractivity contribution in [2.45, 2.75) is 51.0 Å². The predicted octanol–water partition coefficient (Wildman–Crippen LogP) is 5.33. The summed E-state index contributed by atoms with van der Waals surface area (Å²) < 4.78 is 6.52. The molecule has 1 aliphatic carbocycles. The Hall–Kier alpha value is -1.50. The molecule has 0 spiro atoms. The molecule has 0 aromatic heterocycles. The monoisotopic (exact) mass is 254 g/mol. The lowest BCUT2D eigenvalue weighted by molar-refractivity contribution is 0.0677. The summed E-state index contributed by atoms with van der Waals surface area (Å²) >= 11 is 0. The van der Waals surface area contributed by atoms with Gasteiger partial charge in [-0.15, -0.1) is 0 Å². The summed E-state index contributed by atoms with van der Waals surface area (Å²) in [5.41, 5.74) is 0.0961. The summed E-state index contributed by atoms with van der Waals surface area (Å²) in [6, 6.07) is 14.9. The van der Waals surface area contributed by atoms with Crippen molar-refractivity contribution < 1.29 is 4.74 Å². The SMILES string of the molecule is CCCC1(Oc2cccc3ccccc23)CCCC1. The molecule has 0 N–H and O–H groups in total. The van der Waals surface area contributed by atoms with Gasteiger partial charge in [0, 0.05) is 5.39 Å². The van der Waals surface area contributed by atoms with Gasteiger partial charge in [-0.1, -0.05) is 49.7 Å². The lowest BCUT2D eigenvalue weighted by Gasteiger charge is -2.30. The molecule has 2 aromatic rings. The van der Waals surface area contributed by atoms with Crippen LogP contribution in [0.5, 0.6) is 5.75 Å². The van der Waals surface area contributed by atoms with Gasteiger partial charge in [0.2, 0.25) is 0 Å². The number of hydrogen-bond donors (Lipinski definition) is 0. The van der Waals surface area contributed by atoms with Crippen LogP contribution >= 0.6 is 0 Å². The number of hydrogen-bond acceptors (Lipinski definition) is 1. The van der Waals surface area contributed by atoms with Crippen LogP contribution in [-0.2, 0) is 0 Å². The zero-order valence-corrected chi connectivity index (χ0v) is 11.7. The third kappa shape index (κ3) is 2.47. The van der Waals surface area contributed by atoms with Crippen LogP contribution in [0.3, 0.4) is 0 Å². The van der Waals surface area contributed by atoms with Gasteiger partial charge in [-0.2, -0.15) is 0 Å². The molecule has 0 unspecified atom stereocenters. The van der Waals surface area contributed by atoms with E-state index in [-0.39, 0.29) is 5.60 Å².